The van der Waals surface area contributed by atoms with E-state index < -0.39 is 10.0 Å². The van der Waals surface area contributed by atoms with Crippen molar-refractivity contribution in [2.24, 2.45) is 0 Å². The molecule has 29 heavy (non-hydrogen) atoms. The van der Waals surface area contributed by atoms with E-state index in [4.69, 9.17) is 0 Å². The molecular weight excluding hydrogens is 378 g/mol. The van der Waals surface area contributed by atoms with Crippen molar-refractivity contribution < 1.29 is 8.42 Å². The zero-order valence-corrected chi connectivity index (χ0v) is 17.1. The van der Waals surface area contributed by atoms with Gasteiger partial charge in [-0.15, -0.1) is 0 Å². The van der Waals surface area contributed by atoms with E-state index in [1.165, 1.54) is 4.31 Å². The molecule has 0 fully saturated rings. The second-order valence-corrected chi connectivity index (χ2v) is 9.05. The van der Waals surface area contributed by atoms with Gasteiger partial charge in [-0.1, -0.05) is 90.5 Å². The van der Waals surface area contributed by atoms with Gasteiger partial charge in [-0.05, 0) is 42.2 Å². The molecule has 0 saturated heterocycles. The van der Waals surface area contributed by atoms with Crippen LogP contribution in [0.25, 0.3) is 11.6 Å². The molecule has 4 rings (SSSR count). The lowest BCUT2D eigenvalue weighted by Gasteiger charge is -2.23. The number of nitrogens with zero attached hydrogens (tertiary/aromatic N) is 1. The topological polar surface area (TPSA) is 37.4 Å². The Bertz CT molecular complexity index is 1130. The highest BCUT2D eigenvalue weighted by atomic mass is 32.2. The van der Waals surface area contributed by atoms with Gasteiger partial charge in [0.1, 0.15) is 0 Å². The van der Waals surface area contributed by atoms with Gasteiger partial charge < -0.3 is 0 Å². The Kier molecular flexibility index (Phi) is 5.36. The number of sulfonamides is 1. The third-order valence-corrected chi connectivity index (χ3v) is 6.89. The molecule has 3 aromatic rings. The van der Waals surface area contributed by atoms with Gasteiger partial charge in [-0.3, -0.25) is 4.31 Å². The molecule has 1 aliphatic heterocycles. The van der Waals surface area contributed by atoms with Gasteiger partial charge in [-0.25, -0.2) is 8.42 Å². The Morgan fingerprint density at radius 1 is 0.862 bits per heavy atom. The van der Waals surface area contributed by atoms with E-state index in [2.05, 4.69) is 0 Å². The SMILES string of the molecule is Cc1ccc(S(=O)(=O)N2C=C(c3ccccc3)CC2/C=C/c2ccccc2)cc1. The number of hydrogen-bond acceptors (Lipinski definition) is 2. The van der Waals surface area contributed by atoms with Crippen molar-refractivity contribution in [1.82, 2.24) is 4.31 Å². The van der Waals surface area contributed by atoms with Crippen LogP contribution < -0.4 is 0 Å². The van der Waals surface area contributed by atoms with Crippen LogP contribution in [-0.4, -0.2) is 18.8 Å². The van der Waals surface area contributed by atoms with Crippen molar-refractivity contribution in [2.45, 2.75) is 24.3 Å². The summed E-state index contributed by atoms with van der Waals surface area (Å²) in [5, 5.41) is 0. The third kappa shape index (κ3) is 4.17. The Morgan fingerprint density at radius 3 is 2.14 bits per heavy atom. The molecule has 0 saturated carbocycles. The van der Waals surface area contributed by atoms with E-state index in [0.717, 1.165) is 22.3 Å². The quantitative estimate of drug-likeness (QED) is 0.565. The predicted molar refractivity (Wildman–Crippen MR) is 119 cm³/mol. The van der Waals surface area contributed by atoms with Crippen LogP contribution >= 0.6 is 0 Å². The zero-order chi connectivity index (χ0) is 20.3. The normalized spacial score (nSPS) is 16.9. The molecule has 0 aromatic heterocycles. The molecule has 1 heterocycles. The predicted octanol–water partition coefficient (Wildman–Crippen LogP) is 5.51. The van der Waals surface area contributed by atoms with Gasteiger partial charge in [0.05, 0.1) is 10.9 Å². The number of rotatable bonds is 5. The first-order chi connectivity index (χ1) is 14.0. The maximum Gasteiger partial charge on any atom is 0.264 e. The lowest BCUT2D eigenvalue weighted by atomic mass is 10.0. The molecule has 4 heteroatoms. The first-order valence-electron chi connectivity index (χ1n) is 9.63. The van der Waals surface area contributed by atoms with Gasteiger partial charge in [0, 0.05) is 6.20 Å². The van der Waals surface area contributed by atoms with Gasteiger partial charge in [0.25, 0.3) is 10.0 Å². The van der Waals surface area contributed by atoms with Crippen LogP contribution in [0.5, 0.6) is 0 Å². The number of benzene rings is 3. The molecule has 146 valence electrons. The monoisotopic (exact) mass is 401 g/mol. The minimum absolute atomic E-state index is 0.267. The molecule has 1 atom stereocenters. The lowest BCUT2D eigenvalue weighted by Crippen LogP contribution is -2.31. The minimum Gasteiger partial charge on any atom is -0.266 e. The van der Waals surface area contributed by atoms with Crippen molar-refractivity contribution >= 4 is 21.7 Å². The summed E-state index contributed by atoms with van der Waals surface area (Å²) in [6.45, 7) is 1.95. The fourth-order valence-corrected chi connectivity index (χ4v) is 4.97. The minimum atomic E-state index is -3.64. The molecule has 3 nitrogen and oxygen atoms in total. The first kappa shape index (κ1) is 19.2. The van der Waals surface area contributed by atoms with E-state index >= 15 is 0 Å². The average Bonchev–Trinajstić information content (AvgIpc) is 3.19. The van der Waals surface area contributed by atoms with E-state index in [0.29, 0.717) is 11.3 Å². The molecule has 1 aliphatic rings. The van der Waals surface area contributed by atoms with E-state index in [9.17, 15) is 8.42 Å². The summed E-state index contributed by atoms with van der Waals surface area (Å²) in [6.07, 6.45) is 6.39. The molecular formula is C25H23NO2S. The van der Waals surface area contributed by atoms with Crippen LogP contribution in [0.2, 0.25) is 0 Å². The molecule has 3 aromatic carbocycles. The Labute approximate surface area is 172 Å². The highest BCUT2D eigenvalue weighted by Gasteiger charge is 2.33. The Balaban J connectivity index is 1.72. The van der Waals surface area contributed by atoms with Crippen LogP contribution in [0.15, 0.2) is 102 Å². The maximum atomic E-state index is 13.4. The van der Waals surface area contributed by atoms with Crippen LogP contribution in [0.3, 0.4) is 0 Å². The highest BCUT2D eigenvalue weighted by molar-refractivity contribution is 7.89. The molecule has 0 bridgehead atoms. The largest absolute Gasteiger partial charge is 0.266 e. The Morgan fingerprint density at radius 2 is 1.48 bits per heavy atom. The third-order valence-electron chi connectivity index (χ3n) is 5.09. The van der Waals surface area contributed by atoms with Crippen LogP contribution in [0.1, 0.15) is 23.1 Å². The van der Waals surface area contributed by atoms with Crippen molar-refractivity contribution in [2.75, 3.05) is 0 Å². The second kappa shape index (κ2) is 8.10. The summed E-state index contributed by atoms with van der Waals surface area (Å²) in [5.41, 5.74) is 4.15. The molecule has 0 aliphatic carbocycles. The van der Waals surface area contributed by atoms with E-state index in [-0.39, 0.29) is 6.04 Å². The summed E-state index contributed by atoms with van der Waals surface area (Å²) >= 11 is 0. The smallest absolute Gasteiger partial charge is 0.264 e. The molecule has 0 N–H and O–H groups in total. The summed E-state index contributed by atoms with van der Waals surface area (Å²) in [5.74, 6) is 0. The lowest BCUT2D eigenvalue weighted by molar-refractivity contribution is 0.473. The molecule has 0 spiro atoms. The second-order valence-electron chi connectivity index (χ2n) is 7.21. The fraction of sp³-hybridized carbons (Fsp3) is 0.120. The van der Waals surface area contributed by atoms with Gasteiger partial charge >= 0.3 is 0 Å². The zero-order valence-electron chi connectivity index (χ0n) is 16.3. The summed E-state index contributed by atoms with van der Waals surface area (Å²) in [4.78, 5) is 0.312. The van der Waals surface area contributed by atoms with Crippen LogP contribution in [-0.2, 0) is 10.0 Å². The van der Waals surface area contributed by atoms with Gasteiger partial charge in [0.2, 0.25) is 0 Å². The van der Waals surface area contributed by atoms with Crippen molar-refractivity contribution in [3.63, 3.8) is 0 Å². The fourth-order valence-electron chi connectivity index (χ4n) is 3.48. The van der Waals surface area contributed by atoms with Gasteiger partial charge in [0.15, 0.2) is 0 Å². The van der Waals surface area contributed by atoms with Crippen molar-refractivity contribution in [1.29, 1.82) is 0 Å². The number of hydrogen-bond donors (Lipinski definition) is 0. The average molecular weight is 402 g/mol. The van der Waals surface area contributed by atoms with Gasteiger partial charge in [-0.2, -0.15) is 0 Å². The van der Waals surface area contributed by atoms with Crippen LogP contribution in [0, 0.1) is 6.92 Å². The van der Waals surface area contributed by atoms with E-state index in [1.807, 2.05) is 91.9 Å². The Hall–Kier alpha value is -3.11. The summed E-state index contributed by atoms with van der Waals surface area (Å²) in [6, 6.07) is 26.6. The first-order valence-corrected chi connectivity index (χ1v) is 11.1. The van der Waals surface area contributed by atoms with Crippen molar-refractivity contribution in [3.8, 4) is 0 Å². The maximum absolute atomic E-state index is 13.4. The molecule has 0 radical (unpaired) electrons. The van der Waals surface area contributed by atoms with Crippen molar-refractivity contribution in [3.05, 3.63) is 114 Å². The standard InChI is InChI=1S/C25H23NO2S/c1-20-12-16-25(17-13-20)29(27,28)26-19-23(22-10-6-3-7-11-22)18-24(26)15-14-21-8-4-2-5-9-21/h2-17,19,24H,18H2,1H3/b15-14+. The molecule has 0 amide bonds. The van der Waals surface area contributed by atoms with E-state index in [1.54, 1.807) is 18.3 Å². The summed E-state index contributed by atoms with van der Waals surface area (Å²) in [7, 11) is -3.64. The number of aryl methyl sites for hydroxylation is 1. The van der Waals surface area contributed by atoms with Crippen LogP contribution in [0.4, 0.5) is 0 Å². The summed E-state index contributed by atoms with van der Waals surface area (Å²) < 4.78 is 28.3. The molecule has 1 unspecified atom stereocenters. The highest BCUT2D eigenvalue weighted by Crippen LogP contribution is 2.34.